The molecule has 0 spiro atoms. The quantitative estimate of drug-likeness (QED) is 0.598. The number of rotatable bonds is 7. The smallest absolute Gasteiger partial charge is 0.253 e. The fraction of sp³-hybridized carbons (Fsp3) is 0.524. The van der Waals surface area contributed by atoms with E-state index in [-0.39, 0.29) is 5.56 Å². The molecule has 152 valence electrons. The molecule has 0 unspecified atom stereocenters. The Labute approximate surface area is 171 Å². The van der Waals surface area contributed by atoms with E-state index < -0.39 is 0 Å². The third kappa shape index (κ3) is 5.31. The Morgan fingerprint density at radius 3 is 2.89 bits per heavy atom. The molecule has 0 radical (unpaired) electrons. The maximum absolute atomic E-state index is 12.7. The summed E-state index contributed by atoms with van der Waals surface area (Å²) in [5.41, 5.74) is 2.70. The summed E-state index contributed by atoms with van der Waals surface area (Å²) in [6.45, 7) is 11.1. The van der Waals surface area contributed by atoms with Gasteiger partial charge >= 0.3 is 0 Å². The topological polar surface area (TPSA) is 61.8 Å². The minimum absolute atomic E-state index is 0.0371. The van der Waals surface area contributed by atoms with Crippen LogP contribution in [0.25, 0.3) is 10.9 Å². The Morgan fingerprint density at radius 1 is 1.36 bits per heavy atom. The van der Waals surface area contributed by atoms with Gasteiger partial charge in [0.05, 0.1) is 31.8 Å². The first-order valence-corrected chi connectivity index (χ1v) is 10.5. The Bertz CT molecular complexity index is 861. The average molecular weight is 404 g/mol. The molecule has 1 fully saturated rings. The van der Waals surface area contributed by atoms with E-state index in [2.05, 4.69) is 15.2 Å². The van der Waals surface area contributed by atoms with Crippen LogP contribution in [0, 0.1) is 6.92 Å². The van der Waals surface area contributed by atoms with E-state index in [1.807, 2.05) is 38.1 Å². The molecule has 0 aliphatic carbocycles. The number of hydrogen-bond donors (Lipinski definition) is 3. The molecule has 1 aromatic heterocycles. The van der Waals surface area contributed by atoms with Crippen LogP contribution in [0.2, 0.25) is 0 Å². The van der Waals surface area contributed by atoms with E-state index in [4.69, 9.17) is 17.0 Å². The number of nitrogens with zero attached hydrogens (tertiary/aromatic N) is 1. The third-order valence-electron chi connectivity index (χ3n) is 5.30. The van der Waals surface area contributed by atoms with Crippen LogP contribution in [0.1, 0.15) is 24.5 Å². The number of nitrogens with one attached hydrogen (secondary N) is 3. The van der Waals surface area contributed by atoms with Crippen LogP contribution in [-0.2, 0) is 11.3 Å². The maximum atomic E-state index is 12.7. The summed E-state index contributed by atoms with van der Waals surface area (Å²) in [6, 6.07) is 8.07. The fourth-order valence-corrected chi connectivity index (χ4v) is 4.00. The molecule has 1 aromatic carbocycles. The van der Waals surface area contributed by atoms with Crippen molar-refractivity contribution < 1.29 is 9.64 Å². The van der Waals surface area contributed by atoms with Crippen molar-refractivity contribution in [2.45, 2.75) is 26.8 Å². The number of pyridine rings is 1. The van der Waals surface area contributed by atoms with Crippen molar-refractivity contribution in [1.29, 1.82) is 0 Å². The summed E-state index contributed by atoms with van der Waals surface area (Å²) in [5, 5.41) is 5.01. The molecule has 0 bridgehead atoms. The van der Waals surface area contributed by atoms with E-state index in [0.29, 0.717) is 11.7 Å². The lowest BCUT2D eigenvalue weighted by Gasteiger charge is -2.28. The molecule has 3 N–H and O–H groups in total. The number of hydrogen-bond acceptors (Lipinski definition) is 3. The first kappa shape index (κ1) is 20.8. The number of benzene rings is 1. The second-order valence-corrected chi connectivity index (χ2v) is 7.77. The number of fused-ring (bicyclic) bond motifs is 1. The normalized spacial score (nSPS) is 14.9. The molecule has 2 aromatic rings. The zero-order chi connectivity index (χ0) is 19.9. The highest BCUT2D eigenvalue weighted by molar-refractivity contribution is 7.80. The van der Waals surface area contributed by atoms with E-state index >= 15 is 0 Å². The maximum Gasteiger partial charge on any atom is 0.253 e. The molecule has 0 amide bonds. The van der Waals surface area contributed by atoms with E-state index in [9.17, 15) is 4.79 Å². The van der Waals surface area contributed by atoms with Gasteiger partial charge in [0, 0.05) is 25.1 Å². The molecule has 0 saturated carbocycles. The van der Waals surface area contributed by atoms with Gasteiger partial charge in [0.1, 0.15) is 13.1 Å². The van der Waals surface area contributed by atoms with Crippen LogP contribution in [0.5, 0.6) is 0 Å². The molecule has 1 aliphatic rings. The molecule has 7 heteroatoms. The van der Waals surface area contributed by atoms with Gasteiger partial charge in [-0.1, -0.05) is 18.2 Å². The molecule has 2 heterocycles. The number of aromatic amines is 1. The summed E-state index contributed by atoms with van der Waals surface area (Å²) in [7, 11) is 0. The molecular formula is C21H31N4O2S+. The Balaban J connectivity index is 1.71. The van der Waals surface area contributed by atoms with Crippen molar-refractivity contribution >= 4 is 28.2 Å². The lowest BCUT2D eigenvalue weighted by atomic mass is 10.1. The van der Waals surface area contributed by atoms with Crippen LogP contribution < -0.4 is 15.8 Å². The second-order valence-electron chi connectivity index (χ2n) is 7.39. The monoisotopic (exact) mass is 403 g/mol. The highest BCUT2D eigenvalue weighted by Crippen LogP contribution is 2.16. The van der Waals surface area contributed by atoms with Gasteiger partial charge in [-0.15, -0.1) is 0 Å². The highest BCUT2D eigenvalue weighted by Gasteiger charge is 2.16. The lowest BCUT2D eigenvalue weighted by molar-refractivity contribution is -0.908. The van der Waals surface area contributed by atoms with Crippen LogP contribution >= 0.6 is 12.2 Å². The Kier molecular flexibility index (Phi) is 7.42. The number of aryl methyl sites for hydroxylation is 1. The van der Waals surface area contributed by atoms with Crippen molar-refractivity contribution in [2.24, 2.45) is 0 Å². The standard InChI is InChI=1S/C21H30N4O2S/c1-3-22-21(28)25(9-5-8-24-10-12-27-13-11-24)15-18-14-17-7-4-6-16(2)19(17)23-20(18)26/h4,6-7,14H,3,5,8-13,15H2,1-2H3,(H,22,28)(H,23,26)/p+1. The minimum Gasteiger partial charge on any atom is -0.370 e. The van der Waals surface area contributed by atoms with E-state index in [1.54, 1.807) is 4.90 Å². The van der Waals surface area contributed by atoms with Crippen molar-refractivity contribution in [3.8, 4) is 0 Å². The summed E-state index contributed by atoms with van der Waals surface area (Å²) in [4.78, 5) is 19.4. The summed E-state index contributed by atoms with van der Waals surface area (Å²) >= 11 is 5.58. The van der Waals surface area contributed by atoms with Crippen molar-refractivity contribution in [2.75, 3.05) is 45.9 Å². The Hall–Kier alpha value is -1.96. The molecule has 6 nitrogen and oxygen atoms in total. The second kappa shape index (κ2) is 10.0. The van der Waals surface area contributed by atoms with E-state index in [1.165, 1.54) is 0 Å². The van der Waals surface area contributed by atoms with Crippen molar-refractivity contribution in [3.05, 3.63) is 45.7 Å². The zero-order valence-corrected chi connectivity index (χ0v) is 17.7. The zero-order valence-electron chi connectivity index (χ0n) is 16.8. The van der Waals surface area contributed by atoms with Gasteiger partial charge in [0.2, 0.25) is 0 Å². The highest BCUT2D eigenvalue weighted by atomic mass is 32.1. The van der Waals surface area contributed by atoms with Crippen molar-refractivity contribution in [3.63, 3.8) is 0 Å². The average Bonchev–Trinajstić information content (AvgIpc) is 2.69. The van der Waals surface area contributed by atoms with Crippen LogP contribution in [0.4, 0.5) is 0 Å². The molecule has 1 aliphatic heterocycles. The number of thiocarbonyl (C=S) groups is 1. The molecular weight excluding hydrogens is 372 g/mol. The van der Waals surface area contributed by atoms with Crippen molar-refractivity contribution in [1.82, 2.24) is 15.2 Å². The van der Waals surface area contributed by atoms with Gasteiger partial charge in [0.15, 0.2) is 5.11 Å². The van der Waals surface area contributed by atoms with Gasteiger partial charge in [-0.3, -0.25) is 4.79 Å². The predicted octanol–water partition coefficient (Wildman–Crippen LogP) is 0.838. The number of H-pyrrole nitrogens is 1. The number of morpholine rings is 1. The molecule has 28 heavy (non-hydrogen) atoms. The summed E-state index contributed by atoms with van der Waals surface area (Å²) < 4.78 is 5.43. The van der Waals surface area contributed by atoms with Gasteiger partial charge in [-0.05, 0) is 43.1 Å². The number of ether oxygens (including phenoxy) is 1. The largest absolute Gasteiger partial charge is 0.370 e. The van der Waals surface area contributed by atoms with Crippen LogP contribution in [0.15, 0.2) is 29.1 Å². The summed E-state index contributed by atoms with van der Waals surface area (Å²) in [5.74, 6) is 0. The fourth-order valence-electron chi connectivity index (χ4n) is 3.70. The van der Waals surface area contributed by atoms with E-state index in [0.717, 1.165) is 74.4 Å². The van der Waals surface area contributed by atoms with Gasteiger partial charge in [-0.2, -0.15) is 0 Å². The predicted molar refractivity (Wildman–Crippen MR) is 117 cm³/mol. The van der Waals surface area contributed by atoms with Gasteiger partial charge < -0.3 is 24.8 Å². The number of para-hydroxylation sites is 1. The molecule has 3 rings (SSSR count). The lowest BCUT2D eigenvalue weighted by Crippen LogP contribution is -3.14. The summed E-state index contributed by atoms with van der Waals surface area (Å²) in [6.07, 6.45) is 1.03. The third-order valence-corrected chi connectivity index (χ3v) is 5.70. The minimum atomic E-state index is -0.0371. The van der Waals surface area contributed by atoms with Gasteiger partial charge in [0.25, 0.3) is 5.56 Å². The van der Waals surface area contributed by atoms with Crippen LogP contribution in [0.3, 0.4) is 0 Å². The van der Waals surface area contributed by atoms with Crippen LogP contribution in [-0.4, -0.2) is 60.9 Å². The first-order chi connectivity index (χ1) is 13.6. The SMILES string of the molecule is CCNC(=S)N(CCC[NH+]1CCOCC1)Cc1cc2cccc(C)c2[nH]c1=O. The molecule has 0 atom stereocenters. The number of quaternary nitrogens is 1. The first-order valence-electron chi connectivity index (χ1n) is 10.1. The molecule has 1 saturated heterocycles. The van der Waals surface area contributed by atoms with Gasteiger partial charge in [-0.25, -0.2) is 0 Å². The Morgan fingerprint density at radius 2 is 2.14 bits per heavy atom. The number of aromatic nitrogens is 1.